The molecule has 0 bridgehead atoms. The lowest BCUT2D eigenvalue weighted by Crippen LogP contribution is -2.42. The Hall–Kier alpha value is -0.320. The number of nitrogens with zero attached hydrogens (tertiary/aromatic N) is 1. The van der Waals surface area contributed by atoms with E-state index in [0.29, 0.717) is 13.0 Å². The minimum absolute atomic E-state index is 0. The van der Waals surface area contributed by atoms with Crippen LogP contribution in [0.25, 0.3) is 0 Å². The fraction of sp³-hybridized carbons (Fsp3) is 0.909. The first-order chi connectivity index (χ1) is 6.98. The molecule has 0 spiro atoms. The molecule has 0 saturated carbocycles. The van der Waals surface area contributed by atoms with Crippen LogP contribution in [-0.2, 0) is 4.79 Å². The fourth-order valence-corrected chi connectivity index (χ4v) is 2.43. The maximum Gasteiger partial charge on any atom is 0.239 e. The Morgan fingerprint density at radius 1 is 1.50 bits per heavy atom. The maximum absolute atomic E-state index is 12.0. The van der Waals surface area contributed by atoms with Gasteiger partial charge in [-0.15, -0.1) is 12.4 Å². The monoisotopic (exact) mass is 248 g/mol. The Morgan fingerprint density at radius 2 is 2.19 bits per heavy atom. The number of aliphatic hydroxyl groups is 1. The summed E-state index contributed by atoms with van der Waals surface area (Å²) in [4.78, 5) is 14.0. The molecule has 2 rings (SSSR count). The molecular weight excluding hydrogens is 228 g/mol. The van der Waals surface area contributed by atoms with Gasteiger partial charge in [-0.3, -0.25) is 4.79 Å². The molecule has 0 aromatic carbocycles. The van der Waals surface area contributed by atoms with Gasteiger partial charge in [0.1, 0.15) is 0 Å². The molecule has 0 aliphatic carbocycles. The summed E-state index contributed by atoms with van der Waals surface area (Å²) in [5.41, 5.74) is 0.257. The van der Waals surface area contributed by atoms with Crippen molar-refractivity contribution >= 4 is 18.3 Å². The number of nitrogens with one attached hydrogen (secondary N) is 1. The van der Waals surface area contributed by atoms with Gasteiger partial charge in [-0.25, -0.2) is 0 Å². The molecule has 94 valence electrons. The van der Waals surface area contributed by atoms with Gasteiger partial charge in [-0.2, -0.15) is 0 Å². The average molecular weight is 249 g/mol. The summed E-state index contributed by atoms with van der Waals surface area (Å²) in [6, 6.07) is -0.158. The Labute approximate surface area is 103 Å². The fourth-order valence-electron chi connectivity index (χ4n) is 2.43. The highest BCUT2D eigenvalue weighted by Crippen LogP contribution is 2.29. The van der Waals surface area contributed by atoms with Gasteiger partial charge in [-0.1, -0.05) is 13.8 Å². The molecule has 5 heteroatoms. The summed E-state index contributed by atoms with van der Waals surface area (Å²) in [6.45, 7) is 6.64. The van der Waals surface area contributed by atoms with Crippen LogP contribution in [0.15, 0.2) is 0 Å². The first-order valence-electron chi connectivity index (χ1n) is 5.68. The Kier molecular flexibility index (Phi) is 4.21. The molecule has 0 aromatic heterocycles. The van der Waals surface area contributed by atoms with Crippen LogP contribution in [0.3, 0.4) is 0 Å². The standard InChI is InChI=1S/C11H20N2O2.ClH/c1-11(2)3-4-13(7-11)10(15)9-5-8(14)6-12-9;/h8-9,12,14H,3-7H2,1-2H3;1H/t8-,9+;/m0./s1. The second-order valence-electron chi connectivity index (χ2n) is 5.52. The highest BCUT2D eigenvalue weighted by molar-refractivity contribution is 5.85. The number of halogens is 1. The predicted octanol–water partition coefficient (Wildman–Crippen LogP) is 0.389. The number of aliphatic hydroxyl groups excluding tert-OH is 1. The topological polar surface area (TPSA) is 52.6 Å². The zero-order valence-electron chi connectivity index (χ0n) is 9.90. The van der Waals surface area contributed by atoms with Gasteiger partial charge in [0.05, 0.1) is 12.1 Å². The number of hydrogen-bond acceptors (Lipinski definition) is 3. The highest BCUT2D eigenvalue weighted by Gasteiger charge is 2.37. The molecule has 1 amide bonds. The first-order valence-corrected chi connectivity index (χ1v) is 5.68. The van der Waals surface area contributed by atoms with Gasteiger partial charge in [0.25, 0.3) is 0 Å². The molecule has 2 atom stereocenters. The van der Waals surface area contributed by atoms with Crippen LogP contribution >= 0.6 is 12.4 Å². The van der Waals surface area contributed by atoms with E-state index >= 15 is 0 Å². The largest absolute Gasteiger partial charge is 0.392 e. The van der Waals surface area contributed by atoms with Crippen molar-refractivity contribution in [3.8, 4) is 0 Å². The number of hydrogen-bond donors (Lipinski definition) is 2. The Balaban J connectivity index is 0.00000128. The number of amides is 1. The van der Waals surface area contributed by atoms with Crippen LogP contribution in [-0.4, -0.2) is 47.7 Å². The number of β-amino-alcohol motifs (C(OH)–C–C–N with tert-alkyl or cyclic N) is 1. The summed E-state index contributed by atoms with van der Waals surface area (Å²) in [5.74, 6) is 0.164. The zero-order chi connectivity index (χ0) is 11.1. The molecule has 2 aliphatic heterocycles. The van der Waals surface area contributed by atoms with Crippen molar-refractivity contribution in [3.63, 3.8) is 0 Å². The van der Waals surface area contributed by atoms with E-state index in [4.69, 9.17) is 0 Å². The van der Waals surface area contributed by atoms with Crippen molar-refractivity contribution in [1.29, 1.82) is 0 Å². The third kappa shape index (κ3) is 2.87. The molecule has 2 heterocycles. The molecule has 16 heavy (non-hydrogen) atoms. The van der Waals surface area contributed by atoms with Crippen molar-refractivity contribution < 1.29 is 9.90 Å². The summed E-state index contributed by atoms with van der Waals surface area (Å²) < 4.78 is 0. The second kappa shape index (κ2) is 4.90. The van der Waals surface area contributed by atoms with Crippen molar-refractivity contribution in [2.75, 3.05) is 19.6 Å². The van der Waals surface area contributed by atoms with Gasteiger partial charge in [0, 0.05) is 19.6 Å². The van der Waals surface area contributed by atoms with E-state index in [-0.39, 0.29) is 35.9 Å². The molecule has 0 radical (unpaired) electrons. The summed E-state index contributed by atoms with van der Waals surface area (Å²) in [5, 5.41) is 12.4. The SMILES string of the molecule is CC1(C)CCN(C(=O)[C@H]2C[C@H](O)CN2)C1.Cl. The third-order valence-corrected chi connectivity index (χ3v) is 3.39. The van der Waals surface area contributed by atoms with Crippen LogP contribution in [0.4, 0.5) is 0 Å². The summed E-state index contributed by atoms with van der Waals surface area (Å²) in [6.07, 6.45) is 1.29. The lowest BCUT2D eigenvalue weighted by atomic mass is 9.93. The maximum atomic E-state index is 12.0. The number of rotatable bonds is 1. The van der Waals surface area contributed by atoms with Crippen LogP contribution in [0, 0.1) is 5.41 Å². The molecule has 0 unspecified atom stereocenters. The lowest BCUT2D eigenvalue weighted by molar-refractivity contribution is -0.132. The van der Waals surface area contributed by atoms with E-state index < -0.39 is 0 Å². The van der Waals surface area contributed by atoms with Crippen molar-refractivity contribution in [3.05, 3.63) is 0 Å². The van der Waals surface area contributed by atoms with Gasteiger partial charge in [0.15, 0.2) is 0 Å². The van der Waals surface area contributed by atoms with Gasteiger partial charge >= 0.3 is 0 Å². The molecular formula is C11H21ClN2O2. The van der Waals surface area contributed by atoms with E-state index in [9.17, 15) is 9.90 Å². The van der Waals surface area contributed by atoms with Crippen molar-refractivity contribution in [2.24, 2.45) is 5.41 Å². The quantitative estimate of drug-likeness (QED) is 0.706. The van der Waals surface area contributed by atoms with Gasteiger partial charge in [0.2, 0.25) is 5.91 Å². The van der Waals surface area contributed by atoms with E-state index in [0.717, 1.165) is 19.5 Å². The van der Waals surface area contributed by atoms with E-state index in [1.165, 1.54) is 0 Å². The molecule has 2 fully saturated rings. The zero-order valence-corrected chi connectivity index (χ0v) is 10.7. The minimum Gasteiger partial charge on any atom is -0.392 e. The van der Waals surface area contributed by atoms with Gasteiger partial charge < -0.3 is 15.3 Å². The summed E-state index contributed by atoms with van der Waals surface area (Å²) >= 11 is 0. The molecule has 4 nitrogen and oxygen atoms in total. The van der Waals surface area contributed by atoms with Crippen LogP contribution in [0.2, 0.25) is 0 Å². The summed E-state index contributed by atoms with van der Waals surface area (Å²) in [7, 11) is 0. The van der Waals surface area contributed by atoms with E-state index in [2.05, 4.69) is 19.2 Å². The third-order valence-electron chi connectivity index (χ3n) is 3.39. The van der Waals surface area contributed by atoms with Crippen molar-refractivity contribution in [2.45, 2.75) is 38.8 Å². The Bertz CT molecular complexity index is 271. The second-order valence-corrected chi connectivity index (χ2v) is 5.52. The average Bonchev–Trinajstić information content (AvgIpc) is 2.71. The normalized spacial score (nSPS) is 32.6. The van der Waals surface area contributed by atoms with Crippen LogP contribution in [0.5, 0.6) is 0 Å². The predicted molar refractivity (Wildman–Crippen MR) is 64.6 cm³/mol. The van der Waals surface area contributed by atoms with E-state index in [1.54, 1.807) is 0 Å². The number of likely N-dealkylation sites (tertiary alicyclic amines) is 1. The minimum atomic E-state index is -0.352. The van der Waals surface area contributed by atoms with Crippen molar-refractivity contribution in [1.82, 2.24) is 10.2 Å². The molecule has 0 aromatic rings. The molecule has 2 N–H and O–H groups in total. The smallest absolute Gasteiger partial charge is 0.239 e. The lowest BCUT2D eigenvalue weighted by Gasteiger charge is -2.22. The highest BCUT2D eigenvalue weighted by atomic mass is 35.5. The van der Waals surface area contributed by atoms with Crippen LogP contribution < -0.4 is 5.32 Å². The van der Waals surface area contributed by atoms with Gasteiger partial charge in [-0.05, 0) is 18.3 Å². The van der Waals surface area contributed by atoms with Crippen LogP contribution in [0.1, 0.15) is 26.7 Å². The number of carbonyl (C=O) groups excluding carboxylic acids is 1. The number of carbonyl (C=O) groups is 1. The van der Waals surface area contributed by atoms with E-state index in [1.807, 2.05) is 4.90 Å². The Morgan fingerprint density at radius 3 is 2.62 bits per heavy atom. The molecule has 2 aliphatic rings. The molecule has 2 saturated heterocycles. The first kappa shape index (κ1) is 13.7.